The number of carbonyl (C=O) groups excluding carboxylic acids is 1. The van der Waals surface area contributed by atoms with Crippen LogP contribution in [0.5, 0.6) is 0 Å². The van der Waals surface area contributed by atoms with E-state index in [-0.39, 0.29) is 11.9 Å². The third kappa shape index (κ3) is 3.94. The van der Waals surface area contributed by atoms with Gasteiger partial charge >= 0.3 is 0 Å². The lowest BCUT2D eigenvalue weighted by Crippen LogP contribution is -2.48. The minimum absolute atomic E-state index is 0.0534. The van der Waals surface area contributed by atoms with Crippen molar-refractivity contribution in [2.24, 2.45) is 5.92 Å². The number of pyridine rings is 1. The third-order valence-corrected chi connectivity index (χ3v) is 4.78. The molecule has 0 bridgehead atoms. The Morgan fingerprint density at radius 2 is 2.25 bits per heavy atom. The summed E-state index contributed by atoms with van der Waals surface area (Å²) in [5.41, 5.74) is 1.14. The van der Waals surface area contributed by atoms with E-state index in [1.54, 1.807) is 18.3 Å². The number of hydrogen-bond donors (Lipinski definition) is 2. The minimum atomic E-state index is -0.226. The molecule has 0 saturated carbocycles. The number of carbonyl (C=O) groups is 1. The molecular formula is C17H22ClN5O. The number of nitrogens with zero attached hydrogens (tertiary/aromatic N) is 3. The number of rotatable bonds is 4. The van der Waals surface area contributed by atoms with E-state index in [4.69, 9.17) is 11.6 Å². The van der Waals surface area contributed by atoms with E-state index in [0.717, 1.165) is 25.2 Å². The summed E-state index contributed by atoms with van der Waals surface area (Å²) in [5.74, 6) is 1.37. The molecule has 3 rings (SSSR count). The molecule has 3 atom stereocenters. The van der Waals surface area contributed by atoms with Gasteiger partial charge < -0.3 is 5.32 Å². The summed E-state index contributed by atoms with van der Waals surface area (Å²) in [6, 6.07) is 5.21. The summed E-state index contributed by atoms with van der Waals surface area (Å²) in [6.07, 6.45) is 4.41. The Hall–Kier alpha value is -1.92. The maximum atomic E-state index is 12.6. The van der Waals surface area contributed by atoms with E-state index in [2.05, 4.69) is 32.3 Å². The van der Waals surface area contributed by atoms with Gasteiger partial charge in [0, 0.05) is 37.1 Å². The lowest BCUT2D eigenvalue weighted by Gasteiger charge is -2.38. The number of aromatic amines is 1. The second-order valence-electron chi connectivity index (χ2n) is 6.53. The van der Waals surface area contributed by atoms with Gasteiger partial charge in [0.2, 0.25) is 5.91 Å². The Bertz CT molecular complexity index is 673. The molecule has 0 radical (unpaired) electrons. The smallest absolute Gasteiger partial charge is 0.242 e. The van der Waals surface area contributed by atoms with Crippen LogP contribution in [0.3, 0.4) is 0 Å². The average molecular weight is 348 g/mol. The van der Waals surface area contributed by atoms with Crippen LogP contribution in [0.25, 0.3) is 0 Å². The fraction of sp³-hybridized carbons (Fsp3) is 0.471. The maximum Gasteiger partial charge on any atom is 0.242 e. The van der Waals surface area contributed by atoms with E-state index < -0.39 is 0 Å². The highest BCUT2D eigenvalue weighted by molar-refractivity contribution is 6.30. The van der Waals surface area contributed by atoms with Crippen molar-refractivity contribution in [3.63, 3.8) is 0 Å². The van der Waals surface area contributed by atoms with Crippen LogP contribution < -0.4 is 5.32 Å². The minimum Gasteiger partial charge on any atom is -0.309 e. The molecule has 0 unspecified atom stereocenters. The fourth-order valence-corrected chi connectivity index (χ4v) is 3.39. The molecule has 128 valence electrons. The zero-order valence-corrected chi connectivity index (χ0v) is 14.6. The highest BCUT2D eigenvalue weighted by atomic mass is 35.5. The van der Waals surface area contributed by atoms with Crippen LogP contribution in [-0.2, 0) is 4.79 Å². The second-order valence-corrected chi connectivity index (χ2v) is 6.97. The summed E-state index contributed by atoms with van der Waals surface area (Å²) in [7, 11) is 0. The van der Waals surface area contributed by atoms with Gasteiger partial charge in [-0.2, -0.15) is 5.10 Å². The molecule has 7 heteroatoms. The van der Waals surface area contributed by atoms with Gasteiger partial charge in [0.25, 0.3) is 0 Å². The lowest BCUT2D eigenvalue weighted by molar-refractivity contribution is -0.121. The van der Waals surface area contributed by atoms with Crippen LogP contribution in [0.2, 0.25) is 5.02 Å². The van der Waals surface area contributed by atoms with E-state index in [9.17, 15) is 4.79 Å². The van der Waals surface area contributed by atoms with Crippen molar-refractivity contribution in [2.75, 3.05) is 18.4 Å². The highest BCUT2D eigenvalue weighted by Crippen LogP contribution is 2.30. The van der Waals surface area contributed by atoms with Gasteiger partial charge in [-0.15, -0.1) is 0 Å². The molecule has 3 heterocycles. The summed E-state index contributed by atoms with van der Waals surface area (Å²) in [4.78, 5) is 18.9. The van der Waals surface area contributed by atoms with Crippen LogP contribution in [-0.4, -0.2) is 45.1 Å². The second kappa shape index (κ2) is 7.32. The zero-order valence-electron chi connectivity index (χ0n) is 13.9. The van der Waals surface area contributed by atoms with Gasteiger partial charge in [0.15, 0.2) is 0 Å². The number of aromatic nitrogens is 3. The number of halogens is 1. The molecule has 2 N–H and O–H groups in total. The molecule has 1 fully saturated rings. The zero-order chi connectivity index (χ0) is 17.1. The first-order chi connectivity index (χ1) is 11.5. The normalized spacial score (nSPS) is 23.0. The molecular weight excluding hydrogens is 326 g/mol. The highest BCUT2D eigenvalue weighted by Gasteiger charge is 2.31. The largest absolute Gasteiger partial charge is 0.309 e. The van der Waals surface area contributed by atoms with Crippen molar-refractivity contribution in [2.45, 2.75) is 32.2 Å². The van der Waals surface area contributed by atoms with Crippen LogP contribution in [0, 0.1) is 5.92 Å². The topological polar surface area (TPSA) is 73.9 Å². The van der Waals surface area contributed by atoms with Crippen LogP contribution in [0.15, 0.2) is 30.6 Å². The monoisotopic (exact) mass is 347 g/mol. The van der Waals surface area contributed by atoms with Crippen molar-refractivity contribution < 1.29 is 4.79 Å². The molecule has 6 nitrogen and oxygen atoms in total. The van der Waals surface area contributed by atoms with E-state index in [1.165, 1.54) is 6.20 Å². The molecule has 1 aliphatic heterocycles. The van der Waals surface area contributed by atoms with E-state index >= 15 is 0 Å². The number of H-pyrrole nitrogens is 1. The van der Waals surface area contributed by atoms with Gasteiger partial charge in [-0.3, -0.25) is 14.8 Å². The molecule has 0 aromatic carbocycles. The van der Waals surface area contributed by atoms with Gasteiger partial charge in [0.05, 0.1) is 11.1 Å². The molecule has 1 amide bonds. The van der Waals surface area contributed by atoms with Crippen molar-refractivity contribution >= 4 is 23.3 Å². The first-order valence-electron chi connectivity index (χ1n) is 8.18. The number of piperidine rings is 1. The molecule has 0 spiro atoms. The summed E-state index contributed by atoms with van der Waals surface area (Å²) < 4.78 is 0. The predicted octanol–water partition coefficient (Wildman–Crippen LogP) is 2.91. The quantitative estimate of drug-likeness (QED) is 0.891. The molecule has 1 aliphatic rings. The van der Waals surface area contributed by atoms with Crippen molar-refractivity contribution in [1.82, 2.24) is 20.1 Å². The van der Waals surface area contributed by atoms with E-state index in [0.29, 0.717) is 22.7 Å². The molecule has 24 heavy (non-hydrogen) atoms. The van der Waals surface area contributed by atoms with E-state index in [1.807, 2.05) is 13.0 Å². The maximum absolute atomic E-state index is 12.6. The number of anilines is 1. The molecule has 1 saturated heterocycles. The van der Waals surface area contributed by atoms with Crippen LogP contribution >= 0.6 is 11.6 Å². The molecule has 2 aromatic rings. The fourth-order valence-electron chi connectivity index (χ4n) is 3.27. The third-order valence-electron chi connectivity index (χ3n) is 4.56. The summed E-state index contributed by atoms with van der Waals surface area (Å²) >= 11 is 5.82. The standard InChI is InChI=1S/C17H22ClN5O/c1-11-7-13(15-5-6-20-22-15)10-23(9-11)12(2)17(24)21-16-4-3-14(18)8-19-16/h3-6,8,11-13H,7,9-10H2,1-2H3,(H,20,22)(H,19,21,24)/t11-,12+,13-/m1/s1. The van der Waals surface area contributed by atoms with Gasteiger partial charge in [-0.05, 0) is 37.5 Å². The van der Waals surface area contributed by atoms with Gasteiger partial charge in [-0.25, -0.2) is 4.98 Å². The van der Waals surface area contributed by atoms with Crippen molar-refractivity contribution in [3.05, 3.63) is 41.3 Å². The number of hydrogen-bond acceptors (Lipinski definition) is 4. The average Bonchev–Trinajstić information content (AvgIpc) is 3.10. The number of nitrogens with one attached hydrogen (secondary N) is 2. The molecule has 2 aromatic heterocycles. The Labute approximate surface area is 146 Å². The predicted molar refractivity (Wildman–Crippen MR) is 94.0 cm³/mol. The first-order valence-corrected chi connectivity index (χ1v) is 8.56. The van der Waals surface area contributed by atoms with Crippen molar-refractivity contribution in [3.8, 4) is 0 Å². The molecule has 0 aliphatic carbocycles. The lowest BCUT2D eigenvalue weighted by atomic mass is 9.87. The van der Waals surface area contributed by atoms with Crippen molar-refractivity contribution in [1.29, 1.82) is 0 Å². The Morgan fingerprint density at radius 1 is 1.42 bits per heavy atom. The Balaban J connectivity index is 1.65. The van der Waals surface area contributed by atoms with Crippen LogP contribution in [0.4, 0.5) is 5.82 Å². The Kier molecular flexibility index (Phi) is 5.16. The summed E-state index contributed by atoms with van der Waals surface area (Å²) in [6.45, 7) is 5.91. The number of amides is 1. The number of likely N-dealkylation sites (tertiary alicyclic amines) is 1. The SMILES string of the molecule is C[C@@H]1C[C@@H](c2ccn[nH]2)CN([C@@H](C)C(=O)Nc2ccc(Cl)cn2)C1. The van der Waals surface area contributed by atoms with Gasteiger partial charge in [0.1, 0.15) is 5.82 Å². The summed E-state index contributed by atoms with van der Waals surface area (Å²) in [5, 5.41) is 10.5. The van der Waals surface area contributed by atoms with Gasteiger partial charge in [-0.1, -0.05) is 18.5 Å². The van der Waals surface area contributed by atoms with Crippen LogP contribution in [0.1, 0.15) is 31.9 Å². The first kappa shape index (κ1) is 16.9. The Morgan fingerprint density at radius 3 is 2.92 bits per heavy atom.